The van der Waals surface area contributed by atoms with Gasteiger partial charge in [-0.15, -0.1) is 0 Å². The molecule has 2 aliphatic rings. The summed E-state index contributed by atoms with van der Waals surface area (Å²) >= 11 is 1.74. The molecule has 2 fully saturated rings. The fourth-order valence-electron chi connectivity index (χ4n) is 3.54. The highest BCUT2D eigenvalue weighted by molar-refractivity contribution is 7.07. The Morgan fingerprint density at radius 2 is 1.81 bits per heavy atom. The zero-order valence-electron chi connectivity index (χ0n) is 15.8. The van der Waals surface area contributed by atoms with E-state index in [2.05, 4.69) is 37.3 Å². The van der Waals surface area contributed by atoms with Crippen molar-refractivity contribution < 1.29 is 14.3 Å². The molecule has 3 heterocycles. The van der Waals surface area contributed by atoms with Gasteiger partial charge in [-0.1, -0.05) is 0 Å². The van der Waals surface area contributed by atoms with Gasteiger partial charge < -0.3 is 15.4 Å². The van der Waals surface area contributed by atoms with Crippen molar-refractivity contribution in [3.8, 4) is 0 Å². The van der Waals surface area contributed by atoms with Crippen LogP contribution in [0.5, 0.6) is 0 Å². The summed E-state index contributed by atoms with van der Waals surface area (Å²) in [6, 6.07) is 2.18. The smallest absolute Gasteiger partial charge is 0.309 e. The fraction of sp³-hybridized carbons (Fsp3) is 0.684. The Hall–Kier alpha value is -1.48. The second-order valence-corrected chi connectivity index (χ2v) is 8.05. The first-order chi connectivity index (χ1) is 13.2. The SMILES string of the molecule is O=C(NCCN1CCOCC1)C(=O)NCC1CCN(Cc2ccsc2)CC1. The van der Waals surface area contributed by atoms with Crippen molar-refractivity contribution in [1.29, 1.82) is 0 Å². The maximum Gasteiger partial charge on any atom is 0.309 e. The van der Waals surface area contributed by atoms with E-state index < -0.39 is 11.8 Å². The van der Waals surface area contributed by atoms with Gasteiger partial charge in [0.15, 0.2) is 0 Å². The zero-order chi connectivity index (χ0) is 18.9. The summed E-state index contributed by atoms with van der Waals surface area (Å²) in [5.74, 6) is -0.593. The van der Waals surface area contributed by atoms with E-state index in [0.29, 0.717) is 19.0 Å². The predicted octanol–water partition coefficient (Wildman–Crippen LogP) is 0.525. The molecule has 1 aromatic rings. The van der Waals surface area contributed by atoms with E-state index in [1.807, 2.05) is 0 Å². The van der Waals surface area contributed by atoms with Gasteiger partial charge in [-0.3, -0.25) is 19.4 Å². The minimum atomic E-state index is -0.529. The molecule has 0 radical (unpaired) electrons. The molecule has 0 bridgehead atoms. The molecule has 0 spiro atoms. The van der Waals surface area contributed by atoms with Crippen LogP contribution in [0.3, 0.4) is 0 Å². The van der Waals surface area contributed by atoms with Crippen LogP contribution in [0.25, 0.3) is 0 Å². The molecule has 0 aliphatic carbocycles. The number of amides is 2. The number of hydrogen-bond donors (Lipinski definition) is 2. The molecule has 1 aromatic heterocycles. The predicted molar refractivity (Wildman–Crippen MR) is 106 cm³/mol. The van der Waals surface area contributed by atoms with Crippen LogP contribution in [-0.4, -0.2) is 80.6 Å². The van der Waals surface area contributed by atoms with Crippen LogP contribution in [0.15, 0.2) is 16.8 Å². The number of carbonyl (C=O) groups is 2. The molecule has 0 unspecified atom stereocenters. The number of hydrogen-bond acceptors (Lipinski definition) is 6. The van der Waals surface area contributed by atoms with Gasteiger partial charge in [0.1, 0.15) is 0 Å². The molecule has 0 atom stereocenters. The van der Waals surface area contributed by atoms with E-state index in [0.717, 1.165) is 65.3 Å². The quantitative estimate of drug-likeness (QED) is 0.660. The normalized spacial score (nSPS) is 19.7. The van der Waals surface area contributed by atoms with Crippen molar-refractivity contribution in [3.05, 3.63) is 22.4 Å². The van der Waals surface area contributed by atoms with E-state index in [-0.39, 0.29) is 0 Å². The summed E-state index contributed by atoms with van der Waals surface area (Å²) < 4.78 is 5.29. The largest absolute Gasteiger partial charge is 0.379 e. The fourth-order valence-corrected chi connectivity index (χ4v) is 4.20. The first-order valence-electron chi connectivity index (χ1n) is 9.80. The van der Waals surface area contributed by atoms with E-state index in [1.165, 1.54) is 5.56 Å². The molecule has 2 aliphatic heterocycles. The van der Waals surface area contributed by atoms with Crippen molar-refractivity contribution >= 4 is 23.2 Å². The molecule has 150 valence electrons. The molecule has 2 saturated heterocycles. The number of nitrogens with one attached hydrogen (secondary N) is 2. The van der Waals surface area contributed by atoms with E-state index >= 15 is 0 Å². The number of thiophene rings is 1. The second-order valence-electron chi connectivity index (χ2n) is 7.27. The molecule has 0 saturated carbocycles. The van der Waals surface area contributed by atoms with Crippen LogP contribution in [-0.2, 0) is 20.9 Å². The number of carbonyl (C=O) groups excluding carboxylic acids is 2. The Labute approximate surface area is 165 Å². The van der Waals surface area contributed by atoms with Gasteiger partial charge in [0.05, 0.1) is 13.2 Å². The monoisotopic (exact) mass is 394 g/mol. The van der Waals surface area contributed by atoms with Gasteiger partial charge in [0.25, 0.3) is 0 Å². The summed E-state index contributed by atoms with van der Waals surface area (Å²) in [6.07, 6.45) is 2.12. The van der Waals surface area contributed by atoms with Crippen LogP contribution >= 0.6 is 11.3 Å². The Balaban J connectivity index is 1.26. The Morgan fingerprint density at radius 1 is 1.07 bits per heavy atom. The number of rotatable bonds is 7. The minimum absolute atomic E-state index is 0.453. The molecule has 27 heavy (non-hydrogen) atoms. The Kier molecular flexibility index (Phi) is 8.07. The Bertz CT molecular complexity index is 582. The molecule has 2 amide bonds. The molecule has 8 heteroatoms. The maximum atomic E-state index is 12.0. The zero-order valence-corrected chi connectivity index (χ0v) is 16.6. The number of morpholine rings is 1. The molecular weight excluding hydrogens is 364 g/mol. The van der Waals surface area contributed by atoms with E-state index in [4.69, 9.17) is 4.74 Å². The molecule has 7 nitrogen and oxygen atoms in total. The lowest BCUT2D eigenvalue weighted by Gasteiger charge is -2.31. The van der Waals surface area contributed by atoms with Crippen LogP contribution in [0, 0.1) is 5.92 Å². The summed E-state index contributed by atoms with van der Waals surface area (Å²) in [7, 11) is 0. The number of piperidine rings is 1. The first-order valence-corrected chi connectivity index (χ1v) is 10.7. The van der Waals surface area contributed by atoms with Crippen molar-refractivity contribution in [2.24, 2.45) is 5.92 Å². The van der Waals surface area contributed by atoms with E-state index in [9.17, 15) is 9.59 Å². The highest BCUT2D eigenvalue weighted by Gasteiger charge is 2.21. The van der Waals surface area contributed by atoms with Crippen molar-refractivity contribution in [2.45, 2.75) is 19.4 Å². The topological polar surface area (TPSA) is 73.9 Å². The van der Waals surface area contributed by atoms with Gasteiger partial charge in [-0.05, 0) is 54.2 Å². The summed E-state index contributed by atoms with van der Waals surface area (Å²) in [5.41, 5.74) is 1.38. The summed E-state index contributed by atoms with van der Waals surface area (Å²) in [6.45, 7) is 8.17. The van der Waals surface area contributed by atoms with Gasteiger partial charge >= 0.3 is 11.8 Å². The third-order valence-electron chi connectivity index (χ3n) is 5.27. The minimum Gasteiger partial charge on any atom is -0.379 e. The highest BCUT2D eigenvalue weighted by atomic mass is 32.1. The highest BCUT2D eigenvalue weighted by Crippen LogP contribution is 2.19. The van der Waals surface area contributed by atoms with Crippen molar-refractivity contribution in [3.63, 3.8) is 0 Å². The van der Waals surface area contributed by atoms with Gasteiger partial charge in [-0.2, -0.15) is 11.3 Å². The standard InChI is InChI=1S/C19H30N4O3S/c24-18(20-4-7-22-8-10-26-11-9-22)19(25)21-13-16-1-5-23(6-2-16)14-17-3-12-27-15-17/h3,12,15-16H,1-2,4-11,13-14H2,(H,20,24)(H,21,25). The van der Waals surface area contributed by atoms with Gasteiger partial charge in [0, 0.05) is 39.3 Å². The summed E-state index contributed by atoms with van der Waals surface area (Å²) in [5, 5.41) is 9.82. The van der Waals surface area contributed by atoms with Crippen LogP contribution in [0.1, 0.15) is 18.4 Å². The molecular formula is C19H30N4O3S. The molecule has 3 rings (SSSR count). The van der Waals surface area contributed by atoms with Crippen molar-refractivity contribution in [2.75, 3.05) is 59.0 Å². The van der Waals surface area contributed by atoms with Crippen LogP contribution in [0.4, 0.5) is 0 Å². The lowest BCUT2D eigenvalue weighted by molar-refractivity contribution is -0.139. The average molecular weight is 395 g/mol. The van der Waals surface area contributed by atoms with Crippen LogP contribution in [0.2, 0.25) is 0 Å². The Morgan fingerprint density at radius 3 is 2.52 bits per heavy atom. The molecule has 0 aromatic carbocycles. The van der Waals surface area contributed by atoms with Gasteiger partial charge in [-0.25, -0.2) is 0 Å². The number of ether oxygens (including phenoxy) is 1. The summed E-state index contributed by atoms with van der Waals surface area (Å²) in [4.78, 5) is 28.6. The van der Waals surface area contributed by atoms with E-state index in [1.54, 1.807) is 11.3 Å². The lowest BCUT2D eigenvalue weighted by atomic mass is 9.96. The number of likely N-dealkylation sites (tertiary alicyclic amines) is 1. The third kappa shape index (κ3) is 6.88. The maximum absolute atomic E-state index is 12.0. The third-order valence-corrected chi connectivity index (χ3v) is 6.00. The second kappa shape index (κ2) is 10.8. The molecule has 2 N–H and O–H groups in total. The number of nitrogens with zero attached hydrogens (tertiary/aromatic N) is 2. The lowest BCUT2D eigenvalue weighted by Crippen LogP contribution is -2.46. The average Bonchev–Trinajstić information content (AvgIpc) is 3.21. The van der Waals surface area contributed by atoms with Crippen LogP contribution < -0.4 is 10.6 Å². The van der Waals surface area contributed by atoms with Crippen molar-refractivity contribution in [1.82, 2.24) is 20.4 Å². The van der Waals surface area contributed by atoms with Gasteiger partial charge in [0.2, 0.25) is 0 Å². The first kappa shape index (κ1) is 20.3.